The molecule has 0 saturated carbocycles. The van der Waals surface area contributed by atoms with Gasteiger partial charge in [0.1, 0.15) is 6.04 Å². The van der Waals surface area contributed by atoms with Crippen molar-refractivity contribution in [3.8, 4) is 0 Å². The molecule has 0 aromatic heterocycles. The van der Waals surface area contributed by atoms with E-state index in [1.54, 1.807) is 37.3 Å². The Balaban J connectivity index is 2.15. The Bertz CT molecular complexity index is 554. The van der Waals surface area contributed by atoms with Crippen molar-refractivity contribution in [1.29, 1.82) is 0 Å². The fourth-order valence-corrected chi connectivity index (χ4v) is 2.70. The highest BCUT2D eigenvalue weighted by molar-refractivity contribution is 6.63. The van der Waals surface area contributed by atoms with Crippen molar-refractivity contribution in [2.24, 2.45) is 0 Å². The maximum atomic E-state index is 12.2. The predicted molar refractivity (Wildman–Crippen MR) is 76.3 cm³/mol. The fraction of sp³-hybridized carbons (Fsp3) is 0.357. The second kappa shape index (κ2) is 5.73. The van der Waals surface area contributed by atoms with Gasteiger partial charge in [-0.15, -0.1) is 0 Å². The summed E-state index contributed by atoms with van der Waals surface area (Å²) < 4.78 is 0. The summed E-state index contributed by atoms with van der Waals surface area (Å²) >= 11 is 5.41. The van der Waals surface area contributed by atoms with Gasteiger partial charge in [-0.05, 0) is 30.7 Å². The third-order valence-electron chi connectivity index (χ3n) is 3.50. The lowest BCUT2D eigenvalue weighted by Gasteiger charge is -2.25. The van der Waals surface area contributed by atoms with Gasteiger partial charge in [0.05, 0.1) is 5.54 Å². The van der Waals surface area contributed by atoms with Crippen molar-refractivity contribution < 1.29 is 19.5 Å². The number of carbonyl (C=O) groups excluding carboxylic acids is 2. The van der Waals surface area contributed by atoms with E-state index in [2.05, 4.69) is 5.32 Å². The smallest absolute Gasteiger partial charge is 0.326 e. The van der Waals surface area contributed by atoms with E-state index in [0.29, 0.717) is 5.56 Å². The number of benzene rings is 1. The van der Waals surface area contributed by atoms with E-state index in [1.165, 1.54) is 0 Å². The van der Waals surface area contributed by atoms with Gasteiger partial charge in [-0.2, -0.15) is 0 Å². The highest BCUT2D eigenvalue weighted by Gasteiger charge is 2.46. The van der Waals surface area contributed by atoms with Crippen molar-refractivity contribution in [3.63, 3.8) is 0 Å². The maximum Gasteiger partial charge on any atom is 0.326 e. The normalized spacial score (nSPS) is 24.7. The Labute approximate surface area is 126 Å². The van der Waals surface area contributed by atoms with E-state index >= 15 is 0 Å². The van der Waals surface area contributed by atoms with E-state index < -0.39 is 22.9 Å². The zero-order valence-electron chi connectivity index (χ0n) is 11.4. The number of halogens is 1. The van der Waals surface area contributed by atoms with Gasteiger partial charge in [0, 0.05) is 18.5 Å². The number of carbonyl (C=O) groups is 3. The van der Waals surface area contributed by atoms with Crippen LogP contribution in [0, 0.1) is 0 Å². The summed E-state index contributed by atoms with van der Waals surface area (Å²) in [6.45, 7) is 1.76. The number of nitrogens with zero attached hydrogens (tertiary/aromatic N) is 1. The molecule has 112 valence electrons. The summed E-state index contributed by atoms with van der Waals surface area (Å²) in [7, 11) is 0. The topological polar surface area (TPSA) is 86.7 Å². The molecule has 1 fully saturated rings. The minimum Gasteiger partial charge on any atom is -0.480 e. The maximum absolute atomic E-state index is 12.2. The van der Waals surface area contributed by atoms with Crippen molar-refractivity contribution >= 4 is 28.8 Å². The Morgan fingerprint density at radius 1 is 1.33 bits per heavy atom. The lowest BCUT2D eigenvalue weighted by molar-refractivity contribution is -0.141. The van der Waals surface area contributed by atoms with Gasteiger partial charge in [-0.3, -0.25) is 9.59 Å². The van der Waals surface area contributed by atoms with Crippen LogP contribution in [0.3, 0.4) is 0 Å². The molecule has 7 heteroatoms. The molecular weight excluding hydrogens is 296 g/mol. The SMILES string of the molecule is CC1(NC(=O)c2ccccc2)CC(C(=O)O)N(C(=O)Cl)C1. The number of likely N-dealkylation sites (tertiary alicyclic amines) is 1. The number of carboxylic acid groups (broad SMARTS) is 1. The number of carboxylic acids is 1. The average Bonchev–Trinajstić information content (AvgIpc) is 2.78. The van der Waals surface area contributed by atoms with E-state index in [1.807, 2.05) is 0 Å². The fourth-order valence-electron chi connectivity index (χ4n) is 2.52. The van der Waals surface area contributed by atoms with Crippen molar-refractivity contribution in [3.05, 3.63) is 35.9 Å². The molecule has 2 unspecified atom stereocenters. The van der Waals surface area contributed by atoms with Gasteiger partial charge in [0.25, 0.3) is 5.91 Å². The minimum absolute atomic E-state index is 0.0604. The van der Waals surface area contributed by atoms with Crippen LogP contribution in [-0.4, -0.2) is 45.4 Å². The molecular formula is C14H15ClN2O4. The largest absolute Gasteiger partial charge is 0.480 e. The highest BCUT2D eigenvalue weighted by Crippen LogP contribution is 2.28. The zero-order valence-corrected chi connectivity index (χ0v) is 12.1. The minimum atomic E-state index is -1.14. The first-order chi connectivity index (χ1) is 9.82. The molecule has 2 amide bonds. The summed E-state index contributed by atoms with van der Waals surface area (Å²) in [6, 6.07) is 7.55. The molecule has 1 saturated heterocycles. The molecule has 0 radical (unpaired) electrons. The van der Waals surface area contributed by atoms with Crippen LogP contribution < -0.4 is 5.32 Å². The number of aliphatic carboxylic acids is 1. The lowest BCUT2D eigenvalue weighted by atomic mass is 9.98. The third kappa shape index (κ3) is 3.33. The molecule has 2 atom stereocenters. The van der Waals surface area contributed by atoms with Gasteiger partial charge in [-0.25, -0.2) is 4.79 Å². The number of nitrogens with one attached hydrogen (secondary N) is 1. The number of rotatable bonds is 3. The zero-order chi connectivity index (χ0) is 15.6. The molecule has 1 aromatic carbocycles. The van der Waals surface area contributed by atoms with Gasteiger partial charge in [0.15, 0.2) is 0 Å². The summed E-state index contributed by atoms with van der Waals surface area (Å²) in [5.74, 6) is -1.45. The van der Waals surface area contributed by atoms with Crippen LogP contribution in [0.2, 0.25) is 0 Å². The molecule has 6 nitrogen and oxygen atoms in total. The van der Waals surface area contributed by atoms with Crippen LogP contribution in [0.15, 0.2) is 30.3 Å². The number of hydrogen-bond acceptors (Lipinski definition) is 3. The van der Waals surface area contributed by atoms with Crippen LogP contribution in [0.5, 0.6) is 0 Å². The quantitative estimate of drug-likeness (QED) is 0.657. The monoisotopic (exact) mass is 310 g/mol. The van der Waals surface area contributed by atoms with E-state index in [0.717, 1.165) is 4.90 Å². The number of amides is 2. The molecule has 1 aliphatic rings. The molecule has 2 rings (SSSR count). The Kier molecular flexibility index (Phi) is 4.18. The molecule has 1 heterocycles. The highest BCUT2D eigenvalue weighted by atomic mass is 35.5. The van der Waals surface area contributed by atoms with Crippen LogP contribution in [0.1, 0.15) is 23.7 Å². The van der Waals surface area contributed by atoms with Crippen LogP contribution >= 0.6 is 11.6 Å². The van der Waals surface area contributed by atoms with Gasteiger partial charge >= 0.3 is 11.3 Å². The molecule has 0 bridgehead atoms. The first kappa shape index (κ1) is 15.3. The molecule has 0 aliphatic carbocycles. The second-order valence-electron chi connectivity index (χ2n) is 5.32. The van der Waals surface area contributed by atoms with Crippen molar-refractivity contribution in [2.45, 2.75) is 24.9 Å². The average molecular weight is 311 g/mol. The first-order valence-electron chi connectivity index (χ1n) is 6.39. The Morgan fingerprint density at radius 2 is 1.95 bits per heavy atom. The second-order valence-corrected chi connectivity index (χ2v) is 5.64. The van der Waals surface area contributed by atoms with Crippen LogP contribution in [0.4, 0.5) is 4.79 Å². The first-order valence-corrected chi connectivity index (χ1v) is 6.77. The summed E-state index contributed by atoms with van der Waals surface area (Å²) in [6.07, 6.45) is 0.110. The molecule has 21 heavy (non-hydrogen) atoms. The standard InChI is InChI=1S/C14H15ClN2O4/c1-14(16-11(18)9-5-3-2-4-6-9)7-10(12(19)20)17(8-14)13(15)21/h2-6,10H,7-8H2,1H3,(H,16,18)(H,19,20). The summed E-state index contributed by atoms with van der Waals surface area (Å²) in [5.41, 5.74) is -0.359. The van der Waals surface area contributed by atoms with Crippen molar-refractivity contribution in [2.75, 3.05) is 6.54 Å². The van der Waals surface area contributed by atoms with Crippen LogP contribution in [0.25, 0.3) is 0 Å². The van der Waals surface area contributed by atoms with Gasteiger partial charge in [-0.1, -0.05) is 18.2 Å². The number of hydrogen-bond donors (Lipinski definition) is 2. The molecule has 0 spiro atoms. The van der Waals surface area contributed by atoms with Gasteiger partial charge in [0.2, 0.25) is 0 Å². The Hall–Kier alpha value is -2.08. The molecule has 2 N–H and O–H groups in total. The van der Waals surface area contributed by atoms with Crippen LogP contribution in [-0.2, 0) is 4.79 Å². The van der Waals surface area contributed by atoms with Crippen molar-refractivity contribution in [1.82, 2.24) is 10.2 Å². The summed E-state index contributed by atoms with van der Waals surface area (Å²) in [5, 5.41) is 11.1. The van der Waals surface area contributed by atoms with E-state index in [9.17, 15) is 14.4 Å². The molecule has 1 aromatic rings. The Morgan fingerprint density at radius 3 is 2.43 bits per heavy atom. The molecule has 1 aliphatic heterocycles. The summed E-state index contributed by atoms with van der Waals surface area (Å²) in [4.78, 5) is 35.7. The van der Waals surface area contributed by atoms with Gasteiger partial charge < -0.3 is 15.3 Å². The van der Waals surface area contributed by atoms with E-state index in [-0.39, 0.29) is 18.9 Å². The predicted octanol–water partition coefficient (Wildman–Crippen LogP) is 1.69. The third-order valence-corrected chi connectivity index (χ3v) is 3.72. The lowest BCUT2D eigenvalue weighted by Crippen LogP contribution is -2.48. The van der Waals surface area contributed by atoms with E-state index in [4.69, 9.17) is 16.7 Å².